The van der Waals surface area contributed by atoms with Crippen molar-refractivity contribution in [1.82, 2.24) is 14.9 Å². The highest BCUT2D eigenvalue weighted by Crippen LogP contribution is 2.32. The molecular formula is C18H21N3O4. The fraction of sp³-hybridized carbons (Fsp3) is 0.444. The van der Waals surface area contributed by atoms with Crippen molar-refractivity contribution in [2.45, 2.75) is 25.7 Å². The molecular weight excluding hydrogens is 322 g/mol. The monoisotopic (exact) mass is 343 g/mol. The van der Waals surface area contributed by atoms with Gasteiger partial charge in [0.15, 0.2) is 11.5 Å². The van der Waals surface area contributed by atoms with E-state index in [2.05, 4.69) is 14.9 Å². The standard InChI is InChI=1S/C18H21N3O4/c22-15(7-21-4-3-14-6-19-11-20-16(14)8-21)10-23-9-13-1-2-17-18(5-13)25-12-24-17/h1-2,5-6,11,15,22H,3-4,7-10,12H2/t15-/m0/s1. The van der Waals surface area contributed by atoms with Crippen LogP contribution in [0.4, 0.5) is 0 Å². The molecule has 0 aliphatic carbocycles. The van der Waals surface area contributed by atoms with E-state index >= 15 is 0 Å². The Kier molecular flexibility index (Phi) is 4.78. The lowest BCUT2D eigenvalue weighted by molar-refractivity contribution is 0.00746. The summed E-state index contributed by atoms with van der Waals surface area (Å²) in [6, 6.07) is 5.74. The largest absolute Gasteiger partial charge is 0.454 e. The Labute approximate surface area is 146 Å². The molecule has 4 rings (SSSR count). The summed E-state index contributed by atoms with van der Waals surface area (Å²) in [7, 11) is 0. The summed E-state index contributed by atoms with van der Waals surface area (Å²) >= 11 is 0. The van der Waals surface area contributed by atoms with Gasteiger partial charge in [0, 0.05) is 25.8 Å². The first kappa shape index (κ1) is 16.3. The lowest BCUT2D eigenvalue weighted by atomic mass is 10.1. The van der Waals surface area contributed by atoms with Crippen molar-refractivity contribution in [3.8, 4) is 11.5 Å². The average molecular weight is 343 g/mol. The summed E-state index contributed by atoms with van der Waals surface area (Å²) in [5.41, 5.74) is 3.25. The third kappa shape index (κ3) is 3.89. The maximum Gasteiger partial charge on any atom is 0.231 e. The predicted molar refractivity (Wildman–Crippen MR) is 89.2 cm³/mol. The van der Waals surface area contributed by atoms with E-state index in [0.29, 0.717) is 19.8 Å². The first-order valence-electron chi connectivity index (χ1n) is 8.42. The second-order valence-electron chi connectivity index (χ2n) is 6.34. The highest BCUT2D eigenvalue weighted by molar-refractivity contribution is 5.44. The van der Waals surface area contributed by atoms with Crippen molar-refractivity contribution in [3.63, 3.8) is 0 Å². The molecule has 7 heteroatoms. The second kappa shape index (κ2) is 7.35. The molecule has 2 aliphatic heterocycles. The van der Waals surface area contributed by atoms with Gasteiger partial charge >= 0.3 is 0 Å². The van der Waals surface area contributed by atoms with E-state index in [1.807, 2.05) is 24.4 Å². The van der Waals surface area contributed by atoms with Crippen LogP contribution in [-0.2, 0) is 24.3 Å². The van der Waals surface area contributed by atoms with Crippen LogP contribution in [0.3, 0.4) is 0 Å². The van der Waals surface area contributed by atoms with Crippen LogP contribution in [0.2, 0.25) is 0 Å². The van der Waals surface area contributed by atoms with Gasteiger partial charge in [0.2, 0.25) is 6.79 Å². The number of ether oxygens (including phenoxy) is 3. The Morgan fingerprint density at radius 3 is 3.16 bits per heavy atom. The molecule has 3 heterocycles. The van der Waals surface area contributed by atoms with Gasteiger partial charge in [-0.2, -0.15) is 0 Å². The average Bonchev–Trinajstić information content (AvgIpc) is 3.09. The van der Waals surface area contributed by atoms with Gasteiger partial charge in [0.25, 0.3) is 0 Å². The molecule has 25 heavy (non-hydrogen) atoms. The van der Waals surface area contributed by atoms with Crippen LogP contribution in [0.15, 0.2) is 30.7 Å². The third-order valence-electron chi connectivity index (χ3n) is 4.44. The van der Waals surface area contributed by atoms with E-state index < -0.39 is 6.10 Å². The molecule has 0 spiro atoms. The van der Waals surface area contributed by atoms with Gasteiger partial charge in [-0.25, -0.2) is 9.97 Å². The van der Waals surface area contributed by atoms with Crippen LogP contribution < -0.4 is 9.47 Å². The minimum atomic E-state index is -0.530. The number of β-amino-alcohol motifs (C(OH)–C–C–N with tert-alkyl or cyclic N) is 1. The lowest BCUT2D eigenvalue weighted by Gasteiger charge is -2.29. The zero-order chi connectivity index (χ0) is 17.1. The molecule has 0 saturated carbocycles. The van der Waals surface area contributed by atoms with E-state index in [9.17, 15) is 5.11 Å². The number of aliphatic hydroxyl groups excluding tert-OH is 1. The van der Waals surface area contributed by atoms with Crippen LogP contribution >= 0.6 is 0 Å². The fourth-order valence-corrected chi connectivity index (χ4v) is 3.15. The van der Waals surface area contributed by atoms with Gasteiger partial charge in [0.05, 0.1) is 25.0 Å². The third-order valence-corrected chi connectivity index (χ3v) is 4.44. The number of rotatable bonds is 6. The summed E-state index contributed by atoms with van der Waals surface area (Å²) in [5, 5.41) is 10.2. The topological polar surface area (TPSA) is 76.9 Å². The molecule has 0 radical (unpaired) electrons. The quantitative estimate of drug-likeness (QED) is 0.843. The van der Waals surface area contributed by atoms with Crippen LogP contribution in [-0.4, -0.2) is 52.6 Å². The Morgan fingerprint density at radius 2 is 2.20 bits per heavy atom. The van der Waals surface area contributed by atoms with Crippen LogP contribution in [0, 0.1) is 0 Å². The number of aromatic nitrogens is 2. The molecule has 0 saturated heterocycles. The van der Waals surface area contributed by atoms with Gasteiger partial charge in [-0.15, -0.1) is 0 Å². The summed E-state index contributed by atoms with van der Waals surface area (Å²) in [4.78, 5) is 10.6. The van der Waals surface area contributed by atoms with Crippen molar-refractivity contribution in [3.05, 3.63) is 47.5 Å². The van der Waals surface area contributed by atoms with Crippen molar-refractivity contribution < 1.29 is 19.3 Å². The Balaban J connectivity index is 1.23. The molecule has 0 bridgehead atoms. The van der Waals surface area contributed by atoms with Crippen LogP contribution in [0.1, 0.15) is 16.8 Å². The second-order valence-corrected chi connectivity index (χ2v) is 6.34. The SMILES string of the molecule is O[C@H](COCc1ccc2c(c1)OCO2)CN1CCc2cncnc2C1. The number of fused-ring (bicyclic) bond motifs is 2. The van der Waals surface area contributed by atoms with Gasteiger partial charge in [-0.3, -0.25) is 4.90 Å². The minimum Gasteiger partial charge on any atom is -0.454 e. The Hall–Kier alpha value is -2.22. The van der Waals surface area contributed by atoms with Crippen molar-refractivity contribution in [2.75, 3.05) is 26.5 Å². The highest BCUT2D eigenvalue weighted by Gasteiger charge is 2.20. The van der Waals surface area contributed by atoms with Crippen molar-refractivity contribution in [1.29, 1.82) is 0 Å². The number of benzene rings is 1. The number of hydrogen-bond donors (Lipinski definition) is 1. The zero-order valence-electron chi connectivity index (χ0n) is 13.9. The van der Waals surface area contributed by atoms with Crippen LogP contribution in [0.25, 0.3) is 0 Å². The van der Waals surface area contributed by atoms with Gasteiger partial charge in [-0.05, 0) is 29.7 Å². The summed E-state index contributed by atoms with van der Waals surface area (Å²) < 4.78 is 16.3. The molecule has 1 atom stereocenters. The molecule has 1 aromatic heterocycles. The van der Waals surface area contributed by atoms with E-state index in [1.54, 1.807) is 6.33 Å². The molecule has 0 fully saturated rings. The lowest BCUT2D eigenvalue weighted by Crippen LogP contribution is -2.38. The predicted octanol–water partition coefficient (Wildman–Crippen LogP) is 1.14. The van der Waals surface area contributed by atoms with Crippen molar-refractivity contribution in [2.24, 2.45) is 0 Å². The highest BCUT2D eigenvalue weighted by atomic mass is 16.7. The number of aliphatic hydroxyl groups is 1. The Morgan fingerprint density at radius 1 is 1.28 bits per heavy atom. The molecule has 2 aliphatic rings. The molecule has 2 aromatic rings. The maximum absolute atomic E-state index is 10.2. The zero-order valence-corrected chi connectivity index (χ0v) is 13.9. The summed E-state index contributed by atoms with van der Waals surface area (Å²) in [6.07, 6.45) is 3.84. The molecule has 132 valence electrons. The normalized spacial score (nSPS) is 17.3. The smallest absolute Gasteiger partial charge is 0.231 e. The summed E-state index contributed by atoms with van der Waals surface area (Å²) in [5.74, 6) is 1.51. The molecule has 1 aromatic carbocycles. The van der Waals surface area contributed by atoms with Gasteiger partial charge in [0.1, 0.15) is 6.33 Å². The summed E-state index contributed by atoms with van der Waals surface area (Å²) in [6.45, 7) is 3.22. The fourth-order valence-electron chi connectivity index (χ4n) is 3.15. The minimum absolute atomic E-state index is 0.266. The first-order chi connectivity index (χ1) is 12.3. The van der Waals surface area contributed by atoms with E-state index in [-0.39, 0.29) is 6.79 Å². The van der Waals surface area contributed by atoms with E-state index in [4.69, 9.17) is 14.2 Å². The first-order valence-corrected chi connectivity index (χ1v) is 8.42. The maximum atomic E-state index is 10.2. The molecule has 7 nitrogen and oxygen atoms in total. The van der Waals surface area contributed by atoms with E-state index in [0.717, 1.165) is 42.3 Å². The molecule has 0 amide bonds. The van der Waals surface area contributed by atoms with Gasteiger partial charge in [-0.1, -0.05) is 6.07 Å². The van der Waals surface area contributed by atoms with Crippen LogP contribution in [0.5, 0.6) is 11.5 Å². The van der Waals surface area contributed by atoms with E-state index in [1.165, 1.54) is 5.56 Å². The number of hydrogen-bond acceptors (Lipinski definition) is 7. The van der Waals surface area contributed by atoms with Gasteiger partial charge < -0.3 is 19.3 Å². The Bertz CT molecular complexity index is 740. The number of nitrogens with zero attached hydrogens (tertiary/aromatic N) is 3. The molecule has 0 unspecified atom stereocenters. The van der Waals surface area contributed by atoms with Crippen molar-refractivity contribution >= 4 is 0 Å². The molecule has 1 N–H and O–H groups in total.